The minimum absolute atomic E-state index is 0.0817. The van der Waals surface area contributed by atoms with Gasteiger partial charge in [0.2, 0.25) is 0 Å². The first kappa shape index (κ1) is 69.0. The third-order valence-corrected chi connectivity index (χ3v) is 22.7. The lowest BCUT2D eigenvalue weighted by Crippen LogP contribution is -2.16. The van der Waals surface area contributed by atoms with Crippen molar-refractivity contribution in [3.05, 3.63) is 198 Å². The van der Waals surface area contributed by atoms with Crippen LogP contribution in [0.5, 0.6) is 0 Å². The van der Waals surface area contributed by atoms with Crippen LogP contribution in [0.2, 0.25) is 0 Å². The van der Waals surface area contributed by atoms with Crippen LogP contribution in [-0.2, 0) is 36.5 Å². The van der Waals surface area contributed by atoms with Crippen LogP contribution >= 0.6 is 0 Å². The minimum Gasteiger partial charge on any atom is -0.354 e. The first-order chi connectivity index (χ1) is 47.7. The fourth-order valence-electron chi connectivity index (χ4n) is 16.9. The van der Waals surface area contributed by atoms with Crippen molar-refractivity contribution in [1.29, 1.82) is 0 Å². The van der Waals surface area contributed by atoms with E-state index in [2.05, 4.69) is 251 Å². The highest BCUT2D eigenvalue weighted by Gasteiger charge is 2.31. The van der Waals surface area contributed by atoms with Gasteiger partial charge in [0.1, 0.15) is 6.29 Å². The second kappa shape index (κ2) is 26.2. The molecule has 13 rings (SSSR count). The molecule has 0 unspecified atom stereocenters. The second-order valence-electron chi connectivity index (χ2n) is 30.4. The number of carbonyl (C=O) groups excluding carboxylic acids is 1. The molecule has 0 spiro atoms. The van der Waals surface area contributed by atoms with E-state index in [-0.39, 0.29) is 10.8 Å². The number of aldehydes is 1. The average molecular weight is 1320 g/mol. The van der Waals surface area contributed by atoms with Gasteiger partial charge in [-0.1, -0.05) is 164 Å². The van der Waals surface area contributed by atoms with E-state index in [9.17, 15) is 4.79 Å². The molecule has 100 heavy (non-hydrogen) atoms. The molecule has 0 aliphatic carbocycles. The third kappa shape index (κ3) is 11.3. The van der Waals surface area contributed by atoms with E-state index < -0.39 is 0 Å². The normalized spacial score (nSPS) is 13.7. The number of hydrogen-bond acceptors (Lipinski definition) is 5. The van der Waals surface area contributed by atoms with Gasteiger partial charge in [-0.25, -0.2) is 19.9 Å². The summed E-state index contributed by atoms with van der Waals surface area (Å²) in [5.41, 5.74) is 47.7. The number of hydrogen-bond donors (Lipinski definition) is 4. The fourth-order valence-corrected chi connectivity index (χ4v) is 16.9. The topological polar surface area (TPSA) is 132 Å². The van der Waals surface area contributed by atoms with Gasteiger partial charge in [0.05, 0.1) is 67.6 Å². The van der Waals surface area contributed by atoms with Crippen molar-refractivity contribution in [1.82, 2.24) is 39.9 Å². The van der Waals surface area contributed by atoms with E-state index in [4.69, 9.17) is 19.9 Å². The number of benzene rings is 3. The Morgan fingerprint density at radius 3 is 0.780 bits per heavy atom. The molecular formula is C91H102N8O. The number of aromatic amines is 4. The van der Waals surface area contributed by atoms with Crippen LogP contribution in [0.1, 0.15) is 262 Å². The Morgan fingerprint density at radius 2 is 0.560 bits per heavy atom. The van der Waals surface area contributed by atoms with Crippen LogP contribution in [0.15, 0.2) is 91.0 Å². The molecule has 0 saturated heterocycles. The van der Waals surface area contributed by atoms with Crippen molar-refractivity contribution >= 4 is 95.0 Å². The quantitative estimate of drug-likeness (QED) is 0.0854. The Balaban J connectivity index is 1.12. The van der Waals surface area contributed by atoms with E-state index >= 15 is 0 Å². The van der Waals surface area contributed by atoms with E-state index in [0.717, 1.165) is 192 Å². The van der Waals surface area contributed by atoms with Crippen molar-refractivity contribution in [3.63, 3.8) is 0 Å². The predicted octanol–water partition coefficient (Wildman–Crippen LogP) is 24.9. The van der Waals surface area contributed by atoms with Crippen LogP contribution in [0.3, 0.4) is 0 Å². The van der Waals surface area contributed by atoms with Gasteiger partial charge < -0.3 is 19.9 Å². The maximum absolute atomic E-state index is 12.0. The molecule has 9 aromatic rings. The SMILES string of the molecule is CCC1=C(C)c2nc1cc1[nH]c(c(C)c1CC)c(-c1ccc(C=O)cc1)c1nc(cc3[nH]c(c(C)c3CC)c2-c2ccc(-c3c4nc(cc5[nH]c(c(C)c5CC)c(-c5cc(C(C)(C)C)cc(C(C)(C)C)c5)c5nc(cc6[nH]c3c(C)c6CC)C(CC)=C5C)C(CC)=C4C)cc2)C(CC)=C1C. The lowest BCUT2D eigenvalue weighted by atomic mass is 9.78. The van der Waals surface area contributed by atoms with Gasteiger partial charge in [-0.2, -0.15) is 0 Å². The molecule has 10 heterocycles. The van der Waals surface area contributed by atoms with Crippen molar-refractivity contribution in [3.8, 4) is 44.5 Å². The standard InChI is InChI=1S/C91H102N8O/c1-23-62-47(9)82-78(56-33-31-55(46-100)32-34-56)83-48(10)63(24-2)71(93-83)43-73-65(26-4)50(12)85(95-73)79(84-49(11)64(25-3)72(94-84)42-70(62)92-82)57-35-37-58(38-36-57)80-86-51(13)66(27-5)74(96-86)44-76-68(29-7)53(15)88(98-76)81(59-39-60(90(17,18)19)41-61(40-59)91(20,21)22)89-54(16)69(30-8)77(99-89)45-75-67(28-6)52(14)87(80)97-75/h31-46,92,95-96,99H,23-30H2,1-22H3. The summed E-state index contributed by atoms with van der Waals surface area (Å²) in [5, 5.41) is 0. The zero-order chi connectivity index (χ0) is 71.5. The van der Waals surface area contributed by atoms with Gasteiger partial charge >= 0.3 is 0 Å². The highest BCUT2D eigenvalue weighted by molar-refractivity contribution is 6.07. The number of rotatable bonds is 13. The monoisotopic (exact) mass is 1320 g/mol. The summed E-state index contributed by atoms with van der Waals surface area (Å²) in [6, 6.07) is 33.9. The van der Waals surface area contributed by atoms with Crippen molar-refractivity contribution < 1.29 is 4.79 Å². The molecule has 3 aromatic carbocycles. The number of aryl methyl sites for hydroxylation is 8. The average Bonchev–Trinajstić information content (AvgIpc) is 1.52. The lowest BCUT2D eigenvalue weighted by Gasteiger charge is -2.26. The summed E-state index contributed by atoms with van der Waals surface area (Å²) in [7, 11) is 0. The van der Waals surface area contributed by atoms with E-state index in [0.29, 0.717) is 5.56 Å². The van der Waals surface area contributed by atoms with Gasteiger partial charge in [0.15, 0.2) is 0 Å². The largest absolute Gasteiger partial charge is 0.354 e. The van der Waals surface area contributed by atoms with E-state index in [1.165, 1.54) is 100 Å². The number of fused-ring (bicyclic) bond motifs is 16. The Kier molecular flexibility index (Phi) is 18.1. The summed E-state index contributed by atoms with van der Waals surface area (Å²) >= 11 is 0. The van der Waals surface area contributed by atoms with E-state index in [1.54, 1.807) is 0 Å². The van der Waals surface area contributed by atoms with Crippen LogP contribution in [0.25, 0.3) is 133 Å². The van der Waals surface area contributed by atoms with Crippen molar-refractivity contribution in [2.75, 3.05) is 0 Å². The highest BCUT2D eigenvalue weighted by Crippen LogP contribution is 2.49. The molecule has 16 bridgehead atoms. The lowest BCUT2D eigenvalue weighted by molar-refractivity contribution is 0.112. The van der Waals surface area contributed by atoms with Gasteiger partial charge in [0, 0.05) is 49.9 Å². The smallest absolute Gasteiger partial charge is 0.150 e. The Bertz CT molecular complexity index is 5390. The highest BCUT2D eigenvalue weighted by atomic mass is 16.1. The molecule has 0 saturated carbocycles. The van der Waals surface area contributed by atoms with Gasteiger partial charge in [-0.15, -0.1) is 0 Å². The third-order valence-electron chi connectivity index (χ3n) is 22.7. The van der Waals surface area contributed by atoms with E-state index in [1.807, 2.05) is 12.1 Å². The Hall–Kier alpha value is -9.47. The first-order valence-corrected chi connectivity index (χ1v) is 37.0. The molecule has 9 heteroatoms. The fraction of sp³-hybridized carbons (Fsp3) is 0.352. The molecule has 0 amide bonds. The Morgan fingerprint density at radius 1 is 0.320 bits per heavy atom. The number of nitrogens with zero attached hydrogens (tertiary/aromatic N) is 4. The molecule has 4 aliphatic rings. The molecule has 0 radical (unpaired) electrons. The maximum atomic E-state index is 12.0. The Labute approximate surface area is 593 Å². The summed E-state index contributed by atoms with van der Waals surface area (Å²) in [6.07, 6.45) is 7.52. The minimum atomic E-state index is -0.0817. The molecule has 0 atom stereocenters. The van der Waals surface area contributed by atoms with Crippen LogP contribution in [0, 0.1) is 27.7 Å². The number of carbonyl (C=O) groups is 1. The molecule has 6 aromatic heterocycles. The molecule has 9 nitrogen and oxygen atoms in total. The zero-order valence-corrected chi connectivity index (χ0v) is 63.6. The summed E-state index contributed by atoms with van der Waals surface area (Å²) in [5.74, 6) is 0. The molecular weight excluding hydrogens is 1220 g/mol. The van der Waals surface area contributed by atoms with Gasteiger partial charge in [-0.05, 0) is 264 Å². The molecule has 512 valence electrons. The predicted molar refractivity (Wildman–Crippen MR) is 428 cm³/mol. The van der Waals surface area contributed by atoms with Crippen LogP contribution < -0.4 is 0 Å². The zero-order valence-electron chi connectivity index (χ0n) is 63.6. The maximum Gasteiger partial charge on any atom is 0.150 e. The van der Waals surface area contributed by atoms with Crippen molar-refractivity contribution in [2.24, 2.45) is 0 Å². The summed E-state index contributed by atoms with van der Waals surface area (Å²) in [6.45, 7) is 50.3. The van der Waals surface area contributed by atoms with Gasteiger partial charge in [0.25, 0.3) is 0 Å². The second-order valence-corrected chi connectivity index (χ2v) is 30.4. The van der Waals surface area contributed by atoms with Crippen LogP contribution in [0.4, 0.5) is 0 Å². The molecule has 0 fully saturated rings. The molecule has 4 aliphatic heterocycles. The summed E-state index contributed by atoms with van der Waals surface area (Å²) in [4.78, 5) is 51.7. The number of allylic oxidation sites excluding steroid dienone is 8. The van der Waals surface area contributed by atoms with Crippen LogP contribution in [-0.4, -0.2) is 46.2 Å². The number of H-pyrrole nitrogens is 4. The molecule has 4 N–H and O–H groups in total. The summed E-state index contributed by atoms with van der Waals surface area (Å²) < 4.78 is 0. The first-order valence-electron chi connectivity index (χ1n) is 37.0. The van der Waals surface area contributed by atoms with Gasteiger partial charge in [-0.3, -0.25) is 4.79 Å². The van der Waals surface area contributed by atoms with Crippen molar-refractivity contribution in [2.45, 2.75) is 215 Å². The number of nitrogens with one attached hydrogen (secondary N) is 4. The number of aromatic nitrogens is 8.